The van der Waals surface area contributed by atoms with Gasteiger partial charge in [0.2, 0.25) is 0 Å². The molecule has 0 spiro atoms. The number of hydrogen-bond acceptors (Lipinski definition) is 4. The molecule has 2 N–H and O–H groups in total. The summed E-state index contributed by atoms with van der Waals surface area (Å²) in [5.41, 5.74) is 0.574. The van der Waals surface area contributed by atoms with Crippen molar-refractivity contribution in [3.05, 3.63) is 23.8 Å². The van der Waals surface area contributed by atoms with Crippen molar-refractivity contribution in [1.29, 1.82) is 0 Å². The van der Waals surface area contributed by atoms with E-state index in [1.165, 1.54) is 0 Å². The molecule has 0 saturated heterocycles. The molecule has 0 fully saturated rings. The summed E-state index contributed by atoms with van der Waals surface area (Å²) in [6.07, 6.45) is 0.899. The molecule has 0 bridgehead atoms. The van der Waals surface area contributed by atoms with E-state index in [1.54, 1.807) is 25.3 Å². The highest BCUT2D eigenvalue weighted by Crippen LogP contribution is 2.27. The van der Waals surface area contributed by atoms with Crippen LogP contribution in [0, 0.1) is 0 Å². The van der Waals surface area contributed by atoms with Crippen LogP contribution in [0.1, 0.15) is 23.7 Å². The Morgan fingerprint density at radius 2 is 2.05 bits per heavy atom. The topological polar surface area (TPSA) is 59.6 Å². The predicted octanol–water partition coefficient (Wildman–Crippen LogP) is 1.43. The van der Waals surface area contributed by atoms with Crippen LogP contribution >= 0.6 is 0 Å². The maximum absolute atomic E-state index is 11.9. The minimum atomic E-state index is -0.0996. The van der Waals surface area contributed by atoms with E-state index in [9.17, 15) is 4.79 Å². The van der Waals surface area contributed by atoms with Gasteiger partial charge in [-0.25, -0.2) is 0 Å². The summed E-state index contributed by atoms with van der Waals surface area (Å²) in [5.74, 6) is 1.12. The van der Waals surface area contributed by atoms with E-state index in [0.717, 1.165) is 13.0 Å². The number of amides is 1. The lowest BCUT2D eigenvalue weighted by atomic mass is 10.2. The lowest BCUT2D eigenvalue weighted by Crippen LogP contribution is -2.26. The van der Waals surface area contributed by atoms with Crippen molar-refractivity contribution < 1.29 is 14.3 Å². The van der Waals surface area contributed by atoms with Gasteiger partial charge >= 0.3 is 0 Å². The van der Waals surface area contributed by atoms with Crippen molar-refractivity contribution in [3.8, 4) is 11.5 Å². The third kappa shape index (κ3) is 4.79. The molecule has 106 valence electrons. The molecule has 0 aromatic heterocycles. The predicted molar refractivity (Wildman–Crippen MR) is 75.0 cm³/mol. The third-order valence-corrected chi connectivity index (χ3v) is 2.61. The molecule has 0 radical (unpaired) electrons. The molecule has 5 nitrogen and oxygen atoms in total. The molecule has 0 atom stereocenters. The summed E-state index contributed by atoms with van der Waals surface area (Å²) in [4.78, 5) is 11.9. The monoisotopic (exact) mass is 266 g/mol. The van der Waals surface area contributed by atoms with Gasteiger partial charge < -0.3 is 20.1 Å². The van der Waals surface area contributed by atoms with Crippen LogP contribution in [0.2, 0.25) is 0 Å². The fourth-order valence-electron chi connectivity index (χ4n) is 1.65. The molecule has 0 unspecified atom stereocenters. The van der Waals surface area contributed by atoms with Gasteiger partial charge in [0.05, 0.1) is 13.7 Å². The molecule has 1 rings (SSSR count). The van der Waals surface area contributed by atoms with E-state index < -0.39 is 0 Å². The van der Waals surface area contributed by atoms with Crippen LogP contribution in [-0.4, -0.2) is 39.8 Å². The normalized spacial score (nSPS) is 10.1. The molecule has 1 aromatic rings. The SMILES string of the molecule is CCOc1ccc(C(=O)NCCCNC)cc1OC. The zero-order valence-electron chi connectivity index (χ0n) is 11.8. The second-order valence-electron chi connectivity index (χ2n) is 4.01. The first-order valence-electron chi connectivity index (χ1n) is 6.46. The van der Waals surface area contributed by atoms with Crippen LogP contribution in [0.15, 0.2) is 18.2 Å². The Hall–Kier alpha value is -1.75. The molecule has 0 aliphatic rings. The van der Waals surface area contributed by atoms with Gasteiger partial charge in [0.15, 0.2) is 11.5 Å². The molecule has 19 heavy (non-hydrogen) atoms. The lowest BCUT2D eigenvalue weighted by Gasteiger charge is -2.11. The van der Waals surface area contributed by atoms with Crippen molar-refractivity contribution in [1.82, 2.24) is 10.6 Å². The third-order valence-electron chi connectivity index (χ3n) is 2.61. The summed E-state index contributed by atoms with van der Waals surface area (Å²) < 4.78 is 10.6. The van der Waals surface area contributed by atoms with Gasteiger partial charge in [-0.2, -0.15) is 0 Å². The van der Waals surface area contributed by atoms with Crippen LogP contribution in [0.5, 0.6) is 11.5 Å². The van der Waals surface area contributed by atoms with E-state index in [1.807, 2.05) is 14.0 Å². The van der Waals surface area contributed by atoms with Crippen molar-refractivity contribution in [2.45, 2.75) is 13.3 Å². The average Bonchev–Trinajstić information content (AvgIpc) is 2.44. The number of hydrogen-bond donors (Lipinski definition) is 2. The van der Waals surface area contributed by atoms with Gasteiger partial charge in [0.1, 0.15) is 0 Å². The molecular weight excluding hydrogens is 244 g/mol. The number of carbonyl (C=O) groups excluding carboxylic acids is 1. The Bertz CT molecular complexity index is 408. The zero-order chi connectivity index (χ0) is 14.1. The van der Waals surface area contributed by atoms with Crippen molar-refractivity contribution in [2.75, 3.05) is 33.9 Å². The van der Waals surface area contributed by atoms with E-state index in [-0.39, 0.29) is 5.91 Å². The molecule has 1 aromatic carbocycles. The summed E-state index contributed by atoms with van der Waals surface area (Å²) in [7, 11) is 3.45. The Morgan fingerprint density at radius 3 is 2.68 bits per heavy atom. The average molecular weight is 266 g/mol. The van der Waals surface area contributed by atoms with Gasteiger partial charge in [-0.1, -0.05) is 0 Å². The zero-order valence-corrected chi connectivity index (χ0v) is 11.8. The number of carbonyl (C=O) groups is 1. The smallest absolute Gasteiger partial charge is 0.251 e. The van der Waals surface area contributed by atoms with Crippen LogP contribution in [0.3, 0.4) is 0 Å². The number of ether oxygens (including phenoxy) is 2. The van der Waals surface area contributed by atoms with Crippen LogP contribution in [0.25, 0.3) is 0 Å². The molecule has 1 amide bonds. The number of rotatable bonds is 8. The molecular formula is C14H22N2O3. The van der Waals surface area contributed by atoms with Crippen molar-refractivity contribution in [2.24, 2.45) is 0 Å². The largest absolute Gasteiger partial charge is 0.493 e. The highest BCUT2D eigenvalue weighted by atomic mass is 16.5. The summed E-state index contributed by atoms with van der Waals surface area (Å²) >= 11 is 0. The first-order chi connectivity index (χ1) is 9.22. The Morgan fingerprint density at radius 1 is 1.26 bits per heavy atom. The van der Waals surface area contributed by atoms with E-state index in [2.05, 4.69) is 10.6 Å². The maximum Gasteiger partial charge on any atom is 0.251 e. The number of nitrogens with one attached hydrogen (secondary N) is 2. The highest BCUT2D eigenvalue weighted by molar-refractivity contribution is 5.94. The fourth-order valence-corrected chi connectivity index (χ4v) is 1.65. The summed E-state index contributed by atoms with van der Waals surface area (Å²) in [6.45, 7) is 4.00. The van der Waals surface area contributed by atoms with Gasteiger partial charge in [-0.3, -0.25) is 4.79 Å². The van der Waals surface area contributed by atoms with Crippen molar-refractivity contribution in [3.63, 3.8) is 0 Å². The van der Waals surface area contributed by atoms with Gasteiger partial charge in [0.25, 0.3) is 5.91 Å². The molecule has 0 heterocycles. The van der Waals surface area contributed by atoms with Gasteiger partial charge in [0, 0.05) is 12.1 Å². The van der Waals surface area contributed by atoms with Crippen LogP contribution in [-0.2, 0) is 0 Å². The highest BCUT2D eigenvalue weighted by Gasteiger charge is 2.10. The fraction of sp³-hybridized carbons (Fsp3) is 0.500. The second-order valence-corrected chi connectivity index (χ2v) is 4.01. The van der Waals surface area contributed by atoms with Gasteiger partial charge in [-0.15, -0.1) is 0 Å². The summed E-state index contributed by atoms with van der Waals surface area (Å²) in [6, 6.07) is 5.18. The van der Waals surface area contributed by atoms with Crippen LogP contribution in [0.4, 0.5) is 0 Å². The minimum Gasteiger partial charge on any atom is -0.493 e. The molecule has 5 heteroatoms. The van der Waals surface area contributed by atoms with E-state index in [4.69, 9.17) is 9.47 Å². The van der Waals surface area contributed by atoms with Crippen molar-refractivity contribution >= 4 is 5.91 Å². The first kappa shape index (κ1) is 15.3. The van der Waals surface area contributed by atoms with E-state index in [0.29, 0.717) is 30.2 Å². The number of methoxy groups -OCH3 is 1. The van der Waals surface area contributed by atoms with Gasteiger partial charge in [-0.05, 0) is 45.1 Å². The molecule has 0 aliphatic heterocycles. The maximum atomic E-state index is 11.9. The lowest BCUT2D eigenvalue weighted by molar-refractivity contribution is 0.0953. The Balaban J connectivity index is 2.64. The summed E-state index contributed by atoms with van der Waals surface area (Å²) in [5, 5.41) is 5.89. The minimum absolute atomic E-state index is 0.0996. The first-order valence-corrected chi connectivity index (χ1v) is 6.46. The van der Waals surface area contributed by atoms with Crippen LogP contribution < -0.4 is 20.1 Å². The second kappa shape index (κ2) is 8.37. The molecule has 0 saturated carbocycles. The molecule has 0 aliphatic carbocycles. The Labute approximate surface area is 114 Å². The number of benzene rings is 1. The standard InChI is InChI=1S/C14H22N2O3/c1-4-19-12-7-6-11(10-13(12)18-3)14(17)16-9-5-8-15-2/h6-7,10,15H,4-5,8-9H2,1-3H3,(H,16,17). The Kier molecular flexibility index (Phi) is 6.74. The quantitative estimate of drug-likeness (QED) is 0.699. The van der Waals surface area contributed by atoms with E-state index >= 15 is 0 Å².